The van der Waals surface area contributed by atoms with Crippen molar-refractivity contribution in [3.8, 4) is 17.0 Å². The molecular formula is C27H21N3O. The van der Waals surface area contributed by atoms with E-state index in [4.69, 9.17) is 9.97 Å². The predicted molar refractivity (Wildman–Crippen MR) is 127 cm³/mol. The monoisotopic (exact) mass is 403 g/mol. The molecule has 4 heteroatoms. The standard InChI is InChI=1S/C27H21N3O/c1-15-12-16(2)25(17(3)13-15)23-11-10-20-19-9-8-18(31)14-21(19)27-28-22-6-4-5-7-24(22)30(27)26(20)29-23/h4-14,31H,1-3H3. The Labute approximate surface area is 179 Å². The fourth-order valence-corrected chi connectivity index (χ4v) is 4.93. The molecule has 0 atom stereocenters. The molecule has 3 aromatic carbocycles. The zero-order valence-corrected chi connectivity index (χ0v) is 17.6. The van der Waals surface area contributed by atoms with Crippen LogP contribution in [-0.2, 0) is 0 Å². The van der Waals surface area contributed by atoms with Crippen LogP contribution in [-0.4, -0.2) is 19.5 Å². The number of phenols is 1. The first-order chi connectivity index (χ1) is 15.0. The number of benzene rings is 3. The van der Waals surface area contributed by atoms with Gasteiger partial charge in [0.25, 0.3) is 0 Å². The minimum atomic E-state index is 0.233. The van der Waals surface area contributed by atoms with Crippen molar-refractivity contribution in [1.82, 2.24) is 14.4 Å². The lowest BCUT2D eigenvalue weighted by molar-refractivity contribution is 0.476. The van der Waals surface area contributed by atoms with Crippen molar-refractivity contribution >= 4 is 38.5 Å². The predicted octanol–water partition coefficient (Wildman–Crippen LogP) is 6.49. The number of phenolic OH excluding ortho intramolecular Hbond substituents is 1. The number of rotatable bonds is 1. The SMILES string of the molecule is Cc1cc(C)c(-c2ccc3c4ccc(O)cc4c4nc5ccccc5n4c3n2)c(C)c1. The highest BCUT2D eigenvalue weighted by Gasteiger charge is 2.17. The number of fused-ring (bicyclic) bond motifs is 8. The van der Waals surface area contributed by atoms with E-state index in [9.17, 15) is 5.11 Å². The second-order valence-corrected chi connectivity index (χ2v) is 8.33. The maximum absolute atomic E-state index is 10.2. The van der Waals surface area contributed by atoms with E-state index < -0.39 is 0 Å². The summed E-state index contributed by atoms with van der Waals surface area (Å²) in [7, 11) is 0. The third-order valence-corrected chi connectivity index (χ3v) is 6.12. The Hall–Kier alpha value is -3.92. The van der Waals surface area contributed by atoms with Crippen LogP contribution < -0.4 is 0 Å². The minimum absolute atomic E-state index is 0.233. The van der Waals surface area contributed by atoms with Gasteiger partial charge in [0.1, 0.15) is 17.0 Å². The molecule has 0 fully saturated rings. The number of nitrogens with zero attached hydrogens (tertiary/aromatic N) is 3. The summed E-state index contributed by atoms with van der Waals surface area (Å²) in [6, 6.07) is 22.2. The highest BCUT2D eigenvalue weighted by Crippen LogP contribution is 2.35. The van der Waals surface area contributed by atoms with Crippen LogP contribution in [0.3, 0.4) is 0 Å². The summed E-state index contributed by atoms with van der Waals surface area (Å²) >= 11 is 0. The molecule has 0 aliphatic rings. The molecule has 3 heterocycles. The number of hydrogen-bond donors (Lipinski definition) is 1. The second kappa shape index (κ2) is 6.29. The Balaban J connectivity index is 1.82. The van der Waals surface area contributed by atoms with E-state index in [1.807, 2.05) is 24.3 Å². The first kappa shape index (κ1) is 17.9. The average Bonchev–Trinajstić information content (AvgIpc) is 3.13. The van der Waals surface area contributed by atoms with Gasteiger partial charge >= 0.3 is 0 Å². The summed E-state index contributed by atoms with van der Waals surface area (Å²) in [6.07, 6.45) is 0. The van der Waals surface area contributed by atoms with Gasteiger partial charge in [0.05, 0.1) is 16.7 Å². The van der Waals surface area contributed by atoms with E-state index >= 15 is 0 Å². The molecule has 0 spiro atoms. The van der Waals surface area contributed by atoms with E-state index in [0.717, 1.165) is 44.2 Å². The zero-order chi connectivity index (χ0) is 21.3. The van der Waals surface area contributed by atoms with Crippen LogP contribution in [0, 0.1) is 20.8 Å². The Morgan fingerprint density at radius 3 is 2.23 bits per heavy atom. The van der Waals surface area contributed by atoms with Gasteiger partial charge in [-0.15, -0.1) is 0 Å². The molecule has 4 nitrogen and oxygen atoms in total. The Morgan fingerprint density at radius 2 is 1.42 bits per heavy atom. The highest BCUT2D eigenvalue weighted by molar-refractivity contribution is 6.13. The van der Waals surface area contributed by atoms with Gasteiger partial charge in [0.15, 0.2) is 0 Å². The van der Waals surface area contributed by atoms with Gasteiger partial charge < -0.3 is 5.11 Å². The van der Waals surface area contributed by atoms with Gasteiger partial charge in [-0.3, -0.25) is 4.40 Å². The molecule has 3 aromatic heterocycles. The van der Waals surface area contributed by atoms with E-state index in [-0.39, 0.29) is 5.75 Å². The van der Waals surface area contributed by atoms with E-state index in [1.165, 1.54) is 22.3 Å². The summed E-state index contributed by atoms with van der Waals surface area (Å²) in [5.41, 5.74) is 9.44. The molecule has 150 valence electrons. The van der Waals surface area contributed by atoms with E-state index in [0.29, 0.717) is 0 Å². The summed E-state index contributed by atoms with van der Waals surface area (Å²) in [5.74, 6) is 0.233. The Kier molecular flexibility index (Phi) is 3.63. The van der Waals surface area contributed by atoms with Crippen LogP contribution in [0.25, 0.3) is 49.7 Å². The molecule has 0 unspecified atom stereocenters. The van der Waals surface area contributed by atoms with Crippen molar-refractivity contribution in [2.45, 2.75) is 20.8 Å². The molecule has 6 aromatic rings. The third-order valence-electron chi connectivity index (χ3n) is 6.12. The summed E-state index contributed by atoms with van der Waals surface area (Å²) in [4.78, 5) is 10.1. The first-order valence-corrected chi connectivity index (χ1v) is 10.4. The van der Waals surface area contributed by atoms with Crippen LogP contribution in [0.15, 0.2) is 66.7 Å². The van der Waals surface area contributed by atoms with Crippen molar-refractivity contribution in [2.24, 2.45) is 0 Å². The number of hydrogen-bond acceptors (Lipinski definition) is 3. The van der Waals surface area contributed by atoms with Crippen molar-refractivity contribution in [1.29, 1.82) is 0 Å². The molecule has 6 rings (SSSR count). The lowest BCUT2D eigenvalue weighted by Crippen LogP contribution is -1.98. The molecular weight excluding hydrogens is 382 g/mol. The summed E-state index contributed by atoms with van der Waals surface area (Å²) in [6.45, 7) is 6.42. The molecule has 1 N–H and O–H groups in total. The van der Waals surface area contributed by atoms with Crippen molar-refractivity contribution in [3.05, 3.63) is 83.4 Å². The summed E-state index contributed by atoms with van der Waals surface area (Å²) < 4.78 is 2.12. The van der Waals surface area contributed by atoms with Crippen LogP contribution in [0.1, 0.15) is 16.7 Å². The van der Waals surface area contributed by atoms with Gasteiger partial charge in [-0.25, -0.2) is 9.97 Å². The average molecular weight is 403 g/mol. The number of aromatic hydroxyl groups is 1. The second-order valence-electron chi connectivity index (χ2n) is 8.33. The van der Waals surface area contributed by atoms with Crippen molar-refractivity contribution in [2.75, 3.05) is 0 Å². The van der Waals surface area contributed by atoms with Gasteiger partial charge in [0, 0.05) is 16.3 Å². The Bertz CT molecular complexity index is 1650. The highest BCUT2D eigenvalue weighted by atomic mass is 16.3. The molecule has 0 amide bonds. The molecule has 31 heavy (non-hydrogen) atoms. The van der Waals surface area contributed by atoms with Gasteiger partial charge in [-0.2, -0.15) is 0 Å². The molecule has 0 bridgehead atoms. The first-order valence-electron chi connectivity index (χ1n) is 10.4. The molecule has 0 saturated heterocycles. The maximum atomic E-state index is 10.2. The van der Waals surface area contributed by atoms with E-state index in [2.05, 4.69) is 55.5 Å². The number of aryl methyl sites for hydroxylation is 3. The molecule has 0 aliphatic carbocycles. The minimum Gasteiger partial charge on any atom is -0.508 e. The largest absolute Gasteiger partial charge is 0.508 e. The fourth-order valence-electron chi connectivity index (χ4n) is 4.93. The smallest absolute Gasteiger partial charge is 0.147 e. The Morgan fingerprint density at radius 1 is 0.710 bits per heavy atom. The van der Waals surface area contributed by atoms with Gasteiger partial charge in [0.2, 0.25) is 0 Å². The lowest BCUT2D eigenvalue weighted by atomic mass is 9.96. The van der Waals surface area contributed by atoms with Gasteiger partial charge in [-0.05, 0) is 79.7 Å². The molecule has 0 aliphatic heterocycles. The third kappa shape index (κ3) is 2.55. The number of imidazole rings is 1. The summed E-state index contributed by atoms with van der Waals surface area (Å²) in [5, 5.41) is 13.2. The lowest BCUT2D eigenvalue weighted by Gasteiger charge is -2.14. The van der Waals surface area contributed by atoms with Crippen LogP contribution in [0.2, 0.25) is 0 Å². The number of pyridine rings is 2. The van der Waals surface area contributed by atoms with Crippen molar-refractivity contribution in [3.63, 3.8) is 0 Å². The van der Waals surface area contributed by atoms with E-state index in [1.54, 1.807) is 12.1 Å². The number of para-hydroxylation sites is 2. The molecule has 0 radical (unpaired) electrons. The van der Waals surface area contributed by atoms with Crippen molar-refractivity contribution < 1.29 is 5.11 Å². The van der Waals surface area contributed by atoms with Gasteiger partial charge in [-0.1, -0.05) is 29.8 Å². The topological polar surface area (TPSA) is 50.4 Å². The van der Waals surface area contributed by atoms with Crippen LogP contribution in [0.4, 0.5) is 0 Å². The quantitative estimate of drug-likeness (QED) is 0.319. The zero-order valence-electron chi connectivity index (χ0n) is 17.6. The van der Waals surface area contributed by atoms with Crippen LogP contribution in [0.5, 0.6) is 5.75 Å². The fraction of sp³-hybridized carbons (Fsp3) is 0.111. The maximum Gasteiger partial charge on any atom is 0.147 e. The molecule has 0 saturated carbocycles. The number of aromatic nitrogens is 3. The normalized spacial score (nSPS) is 11.8. The van der Waals surface area contributed by atoms with Crippen LogP contribution >= 0.6 is 0 Å².